The summed E-state index contributed by atoms with van der Waals surface area (Å²) < 4.78 is 11.0. The second-order valence-electron chi connectivity index (χ2n) is 5.45. The molecule has 0 radical (unpaired) electrons. The molecule has 4 nitrogen and oxygen atoms in total. The van der Waals surface area contributed by atoms with Gasteiger partial charge in [-0.3, -0.25) is 4.79 Å². The number of nitrogens with one attached hydrogen (secondary N) is 1. The third-order valence-corrected chi connectivity index (χ3v) is 3.71. The van der Waals surface area contributed by atoms with Crippen LogP contribution in [0.15, 0.2) is 42.5 Å². The number of amides is 1. The van der Waals surface area contributed by atoms with Crippen molar-refractivity contribution >= 4 is 11.6 Å². The molecule has 0 aliphatic rings. The monoisotopic (exact) mass is 313 g/mol. The number of hydrogen-bond donors (Lipinski definition) is 1. The molecule has 4 heteroatoms. The lowest BCUT2D eigenvalue weighted by atomic mass is 10.1. The lowest BCUT2D eigenvalue weighted by molar-refractivity contribution is -0.122. The fourth-order valence-electron chi connectivity index (χ4n) is 2.38. The number of benzene rings is 2. The number of carbonyl (C=O) groups is 1. The van der Waals surface area contributed by atoms with E-state index < -0.39 is 6.10 Å². The summed E-state index contributed by atoms with van der Waals surface area (Å²) in [6.45, 7) is 5.88. The Balaban J connectivity index is 2.12. The molecule has 2 aromatic rings. The maximum Gasteiger partial charge on any atom is 0.265 e. The van der Waals surface area contributed by atoms with Crippen molar-refractivity contribution in [1.82, 2.24) is 0 Å². The summed E-state index contributed by atoms with van der Waals surface area (Å²) in [4.78, 5) is 12.5. The Morgan fingerprint density at radius 1 is 1.09 bits per heavy atom. The van der Waals surface area contributed by atoms with E-state index in [0.717, 1.165) is 16.8 Å². The lowest BCUT2D eigenvalue weighted by Crippen LogP contribution is -2.32. The largest absolute Gasteiger partial charge is 0.497 e. The zero-order valence-corrected chi connectivity index (χ0v) is 14.1. The van der Waals surface area contributed by atoms with Crippen molar-refractivity contribution in [3.8, 4) is 11.5 Å². The van der Waals surface area contributed by atoms with Crippen LogP contribution in [0.2, 0.25) is 0 Å². The molecule has 0 bridgehead atoms. The molecule has 0 heterocycles. The Hall–Kier alpha value is -2.49. The molecule has 0 unspecified atom stereocenters. The molecule has 1 atom stereocenters. The number of ether oxygens (including phenoxy) is 2. The van der Waals surface area contributed by atoms with Crippen LogP contribution in [-0.4, -0.2) is 19.1 Å². The molecule has 0 spiro atoms. The highest BCUT2D eigenvalue weighted by atomic mass is 16.5. The fourth-order valence-corrected chi connectivity index (χ4v) is 2.38. The summed E-state index contributed by atoms with van der Waals surface area (Å²) in [6.07, 6.45) is 0.0228. The van der Waals surface area contributed by atoms with E-state index in [0.29, 0.717) is 17.9 Å². The molecule has 122 valence electrons. The van der Waals surface area contributed by atoms with Gasteiger partial charge in [0.05, 0.1) is 7.11 Å². The highest BCUT2D eigenvalue weighted by Crippen LogP contribution is 2.23. The number of para-hydroxylation sites is 1. The first-order valence-electron chi connectivity index (χ1n) is 7.73. The van der Waals surface area contributed by atoms with E-state index >= 15 is 0 Å². The van der Waals surface area contributed by atoms with Crippen LogP contribution in [0.5, 0.6) is 11.5 Å². The molecule has 1 N–H and O–H groups in total. The molecule has 2 aromatic carbocycles. The summed E-state index contributed by atoms with van der Waals surface area (Å²) in [5.74, 6) is 1.17. The first kappa shape index (κ1) is 16.9. The van der Waals surface area contributed by atoms with Crippen LogP contribution in [0.1, 0.15) is 24.5 Å². The van der Waals surface area contributed by atoms with Crippen LogP contribution < -0.4 is 14.8 Å². The van der Waals surface area contributed by atoms with E-state index in [2.05, 4.69) is 5.32 Å². The van der Waals surface area contributed by atoms with Crippen LogP contribution >= 0.6 is 0 Å². The van der Waals surface area contributed by atoms with Gasteiger partial charge in [0, 0.05) is 11.8 Å². The lowest BCUT2D eigenvalue weighted by Gasteiger charge is -2.19. The zero-order valence-electron chi connectivity index (χ0n) is 14.1. The molecule has 0 aliphatic heterocycles. The number of methoxy groups -OCH3 is 1. The third-order valence-electron chi connectivity index (χ3n) is 3.71. The maximum absolute atomic E-state index is 12.5. The van der Waals surface area contributed by atoms with E-state index in [4.69, 9.17) is 9.47 Å². The van der Waals surface area contributed by atoms with Crippen molar-refractivity contribution in [3.05, 3.63) is 53.6 Å². The van der Waals surface area contributed by atoms with Crippen LogP contribution in [0.25, 0.3) is 0 Å². The van der Waals surface area contributed by atoms with E-state index in [1.807, 2.05) is 57.2 Å². The topological polar surface area (TPSA) is 47.6 Å². The second kappa shape index (κ2) is 7.68. The minimum atomic E-state index is -0.555. The van der Waals surface area contributed by atoms with Gasteiger partial charge in [-0.25, -0.2) is 0 Å². The van der Waals surface area contributed by atoms with Gasteiger partial charge in [0.25, 0.3) is 5.91 Å². The average molecular weight is 313 g/mol. The highest BCUT2D eigenvalue weighted by Gasteiger charge is 2.20. The molecule has 0 aromatic heterocycles. The van der Waals surface area contributed by atoms with Gasteiger partial charge in [-0.15, -0.1) is 0 Å². The molecule has 23 heavy (non-hydrogen) atoms. The van der Waals surface area contributed by atoms with Crippen LogP contribution in [0.3, 0.4) is 0 Å². The highest BCUT2D eigenvalue weighted by molar-refractivity contribution is 5.95. The average Bonchev–Trinajstić information content (AvgIpc) is 2.56. The summed E-state index contributed by atoms with van der Waals surface area (Å²) in [5.41, 5.74) is 2.93. The standard InChI is InChI=1S/C19H23NO3/c1-5-17(23-16-11-7-10-15(12-16)22-4)19(21)20-18-13(2)8-6-9-14(18)3/h6-12,17H,5H2,1-4H3,(H,20,21)/t17-/m0/s1. The van der Waals surface area contributed by atoms with Gasteiger partial charge in [-0.05, 0) is 43.5 Å². The molecular formula is C19H23NO3. The minimum Gasteiger partial charge on any atom is -0.497 e. The van der Waals surface area contributed by atoms with Crippen molar-refractivity contribution in [3.63, 3.8) is 0 Å². The summed E-state index contributed by atoms with van der Waals surface area (Å²) in [7, 11) is 1.60. The van der Waals surface area contributed by atoms with Crippen LogP contribution in [0.4, 0.5) is 5.69 Å². The number of rotatable bonds is 6. The van der Waals surface area contributed by atoms with Gasteiger partial charge < -0.3 is 14.8 Å². The van der Waals surface area contributed by atoms with Gasteiger partial charge in [0.2, 0.25) is 0 Å². The third kappa shape index (κ3) is 4.25. The van der Waals surface area contributed by atoms with Crippen molar-refractivity contribution in [2.24, 2.45) is 0 Å². The predicted octanol–water partition coefficient (Wildman–Crippen LogP) is 4.11. The smallest absolute Gasteiger partial charge is 0.265 e. The van der Waals surface area contributed by atoms with Gasteiger partial charge in [-0.2, -0.15) is 0 Å². The van der Waals surface area contributed by atoms with Gasteiger partial charge in [0.1, 0.15) is 11.5 Å². The summed E-state index contributed by atoms with van der Waals surface area (Å²) in [5, 5.41) is 2.98. The van der Waals surface area contributed by atoms with Gasteiger partial charge in [0.15, 0.2) is 6.10 Å². The molecule has 0 saturated carbocycles. The molecule has 2 rings (SSSR count). The number of aryl methyl sites for hydroxylation is 2. The van der Waals surface area contributed by atoms with Gasteiger partial charge >= 0.3 is 0 Å². The first-order chi connectivity index (χ1) is 11.0. The second-order valence-corrected chi connectivity index (χ2v) is 5.45. The molecule has 0 aliphatic carbocycles. The van der Waals surface area contributed by atoms with Crippen molar-refractivity contribution in [2.75, 3.05) is 12.4 Å². The summed E-state index contributed by atoms with van der Waals surface area (Å²) >= 11 is 0. The Morgan fingerprint density at radius 2 is 1.70 bits per heavy atom. The fraction of sp³-hybridized carbons (Fsp3) is 0.316. The first-order valence-corrected chi connectivity index (χ1v) is 7.73. The predicted molar refractivity (Wildman–Crippen MR) is 92.2 cm³/mol. The molecule has 0 fully saturated rings. The van der Waals surface area contributed by atoms with E-state index in [1.165, 1.54) is 0 Å². The summed E-state index contributed by atoms with van der Waals surface area (Å²) in [6, 6.07) is 13.2. The Bertz CT molecular complexity index is 662. The van der Waals surface area contributed by atoms with E-state index in [9.17, 15) is 4.79 Å². The van der Waals surface area contributed by atoms with Crippen LogP contribution in [-0.2, 0) is 4.79 Å². The SMILES string of the molecule is CC[C@H](Oc1cccc(OC)c1)C(=O)Nc1c(C)cccc1C. The number of anilines is 1. The van der Waals surface area contributed by atoms with Crippen LogP contribution in [0, 0.1) is 13.8 Å². The van der Waals surface area contributed by atoms with Crippen molar-refractivity contribution in [2.45, 2.75) is 33.3 Å². The van der Waals surface area contributed by atoms with Gasteiger partial charge in [-0.1, -0.05) is 31.2 Å². The quantitative estimate of drug-likeness (QED) is 0.873. The number of carbonyl (C=O) groups excluding carboxylic acids is 1. The molecule has 1 amide bonds. The maximum atomic E-state index is 12.5. The van der Waals surface area contributed by atoms with E-state index in [1.54, 1.807) is 13.2 Å². The molecular weight excluding hydrogens is 290 g/mol. The Kier molecular flexibility index (Phi) is 5.63. The van der Waals surface area contributed by atoms with Crippen molar-refractivity contribution in [1.29, 1.82) is 0 Å². The minimum absolute atomic E-state index is 0.146. The van der Waals surface area contributed by atoms with Crippen molar-refractivity contribution < 1.29 is 14.3 Å². The Morgan fingerprint density at radius 3 is 2.30 bits per heavy atom. The molecule has 0 saturated heterocycles. The van der Waals surface area contributed by atoms with E-state index in [-0.39, 0.29) is 5.91 Å². The normalized spacial score (nSPS) is 11.7. The zero-order chi connectivity index (χ0) is 16.8. The number of hydrogen-bond acceptors (Lipinski definition) is 3. The Labute approximate surface area is 137 Å².